The molecule has 0 aromatic rings. The fourth-order valence-electron chi connectivity index (χ4n) is 0.377. The van der Waals surface area contributed by atoms with Crippen LogP contribution in [0.4, 0.5) is 0 Å². The van der Waals surface area contributed by atoms with Gasteiger partial charge in [-0.2, -0.15) is 0 Å². The van der Waals surface area contributed by atoms with Gasteiger partial charge in [-0.15, -0.1) is 6.42 Å². The third-order valence-electron chi connectivity index (χ3n) is 0.867. The van der Waals surface area contributed by atoms with E-state index in [2.05, 4.69) is 5.92 Å². The average molecular weight is 142 g/mol. The van der Waals surface area contributed by atoms with Crippen molar-refractivity contribution >= 4 is 0 Å². The number of aliphatic hydroxyl groups is 1. The monoisotopic (exact) mass is 142 g/mol. The van der Waals surface area contributed by atoms with E-state index in [0.29, 0.717) is 0 Å². The summed E-state index contributed by atoms with van der Waals surface area (Å²) in [6, 6.07) is 0. The van der Waals surface area contributed by atoms with Gasteiger partial charge in [0, 0.05) is 0 Å². The third-order valence-corrected chi connectivity index (χ3v) is 0.867. The number of aliphatic hydroxyl groups excluding tert-OH is 1. The maximum Gasteiger partial charge on any atom is 0.137 e. The van der Waals surface area contributed by atoms with E-state index in [1.807, 2.05) is 20.8 Å². The Balaban J connectivity index is 3.48. The quantitative estimate of drug-likeness (QED) is 0.578. The van der Waals surface area contributed by atoms with Crippen LogP contribution >= 0.6 is 0 Å². The van der Waals surface area contributed by atoms with Crippen LogP contribution in [0.2, 0.25) is 0 Å². The highest BCUT2D eigenvalue weighted by Crippen LogP contribution is 2.06. The van der Waals surface area contributed by atoms with Crippen molar-refractivity contribution in [1.82, 2.24) is 0 Å². The van der Waals surface area contributed by atoms with Crippen molar-refractivity contribution in [2.45, 2.75) is 32.5 Å². The Morgan fingerprint density at radius 3 is 2.40 bits per heavy atom. The van der Waals surface area contributed by atoms with Crippen molar-refractivity contribution in [2.24, 2.45) is 0 Å². The number of hydrogen-bond donors (Lipinski definition) is 1. The van der Waals surface area contributed by atoms with Gasteiger partial charge in [-0.3, -0.25) is 0 Å². The van der Waals surface area contributed by atoms with Crippen molar-refractivity contribution in [3.63, 3.8) is 0 Å². The van der Waals surface area contributed by atoms with Crippen LogP contribution in [0, 0.1) is 12.3 Å². The topological polar surface area (TPSA) is 29.5 Å². The van der Waals surface area contributed by atoms with Crippen molar-refractivity contribution < 1.29 is 9.84 Å². The molecule has 0 bridgehead atoms. The second-order valence-corrected chi connectivity index (χ2v) is 3.11. The van der Waals surface area contributed by atoms with Crippen LogP contribution < -0.4 is 0 Å². The van der Waals surface area contributed by atoms with Crippen molar-refractivity contribution in [1.29, 1.82) is 0 Å². The molecule has 0 saturated carbocycles. The minimum absolute atomic E-state index is 0.208. The van der Waals surface area contributed by atoms with Gasteiger partial charge in [-0.05, 0) is 20.8 Å². The molecule has 0 aromatic carbocycles. The summed E-state index contributed by atoms with van der Waals surface area (Å²) >= 11 is 0. The molecule has 0 saturated heterocycles. The van der Waals surface area contributed by atoms with Gasteiger partial charge in [0.05, 0.1) is 12.2 Å². The zero-order chi connectivity index (χ0) is 8.20. The summed E-state index contributed by atoms with van der Waals surface area (Å²) < 4.78 is 5.19. The van der Waals surface area contributed by atoms with E-state index in [0.717, 1.165) is 0 Å². The lowest BCUT2D eigenvalue weighted by Gasteiger charge is -2.19. The number of rotatable bonds is 2. The lowest BCUT2D eigenvalue weighted by Crippen LogP contribution is -2.25. The highest BCUT2D eigenvalue weighted by molar-refractivity contribution is 4.93. The first-order valence-electron chi connectivity index (χ1n) is 3.24. The number of terminal acetylenes is 1. The predicted molar refractivity (Wildman–Crippen MR) is 40.5 cm³/mol. The van der Waals surface area contributed by atoms with E-state index in [1.54, 1.807) is 0 Å². The van der Waals surface area contributed by atoms with E-state index < -0.39 is 6.10 Å². The molecule has 2 nitrogen and oxygen atoms in total. The molecule has 0 heterocycles. The standard InChI is InChI=1S/C8H14O2/c1-5-7(9)6-10-8(2,3)4/h1,7,9H,6H2,2-4H3. The lowest BCUT2D eigenvalue weighted by atomic mass is 10.2. The molecule has 58 valence electrons. The van der Waals surface area contributed by atoms with Crippen LogP contribution in [0.3, 0.4) is 0 Å². The Labute approximate surface area is 62.2 Å². The zero-order valence-electron chi connectivity index (χ0n) is 6.72. The van der Waals surface area contributed by atoms with Gasteiger partial charge in [0.25, 0.3) is 0 Å². The first-order valence-corrected chi connectivity index (χ1v) is 3.24. The van der Waals surface area contributed by atoms with E-state index in [9.17, 15) is 0 Å². The molecule has 0 aliphatic carbocycles. The Morgan fingerprint density at radius 1 is 1.60 bits per heavy atom. The van der Waals surface area contributed by atoms with Crippen LogP contribution in [0.5, 0.6) is 0 Å². The van der Waals surface area contributed by atoms with Gasteiger partial charge in [-0.1, -0.05) is 5.92 Å². The Bertz CT molecular complexity index is 127. The van der Waals surface area contributed by atoms with Crippen LogP contribution in [-0.2, 0) is 4.74 Å². The predicted octanol–water partition coefficient (Wildman–Crippen LogP) is 0.796. The Morgan fingerprint density at radius 2 is 2.10 bits per heavy atom. The minimum Gasteiger partial charge on any atom is -0.378 e. The maximum atomic E-state index is 8.86. The van der Waals surface area contributed by atoms with E-state index in [1.165, 1.54) is 0 Å². The zero-order valence-corrected chi connectivity index (χ0v) is 6.72. The normalized spacial score (nSPS) is 14.3. The summed E-state index contributed by atoms with van der Waals surface area (Å²) in [6.07, 6.45) is 4.14. The second kappa shape index (κ2) is 3.60. The molecule has 0 fully saturated rings. The molecule has 10 heavy (non-hydrogen) atoms. The molecular weight excluding hydrogens is 128 g/mol. The summed E-state index contributed by atoms with van der Waals surface area (Å²) in [5.41, 5.74) is -0.224. The van der Waals surface area contributed by atoms with Crippen molar-refractivity contribution in [2.75, 3.05) is 6.61 Å². The van der Waals surface area contributed by atoms with Crippen molar-refractivity contribution in [3.05, 3.63) is 0 Å². The Kier molecular flexibility index (Phi) is 3.41. The minimum atomic E-state index is -0.778. The van der Waals surface area contributed by atoms with Gasteiger partial charge in [0.15, 0.2) is 0 Å². The molecule has 0 aliphatic rings. The van der Waals surface area contributed by atoms with Crippen molar-refractivity contribution in [3.8, 4) is 12.3 Å². The van der Waals surface area contributed by atoms with Gasteiger partial charge in [0.1, 0.15) is 6.10 Å². The van der Waals surface area contributed by atoms with Crippen LogP contribution in [0.25, 0.3) is 0 Å². The summed E-state index contributed by atoms with van der Waals surface area (Å²) in [6.45, 7) is 5.95. The molecule has 0 radical (unpaired) electrons. The SMILES string of the molecule is C#CC(O)COC(C)(C)C. The van der Waals surface area contributed by atoms with Crippen LogP contribution in [0.15, 0.2) is 0 Å². The number of ether oxygens (including phenoxy) is 1. The van der Waals surface area contributed by atoms with Gasteiger partial charge < -0.3 is 9.84 Å². The maximum absolute atomic E-state index is 8.86. The van der Waals surface area contributed by atoms with E-state index in [4.69, 9.17) is 16.3 Å². The fourth-order valence-corrected chi connectivity index (χ4v) is 0.377. The second-order valence-electron chi connectivity index (χ2n) is 3.11. The van der Waals surface area contributed by atoms with Crippen LogP contribution in [-0.4, -0.2) is 23.4 Å². The molecular formula is C8H14O2. The first-order chi connectivity index (χ1) is 4.45. The largest absolute Gasteiger partial charge is 0.378 e. The molecule has 2 heteroatoms. The lowest BCUT2D eigenvalue weighted by molar-refractivity contribution is -0.0345. The van der Waals surface area contributed by atoms with E-state index >= 15 is 0 Å². The number of hydrogen-bond acceptors (Lipinski definition) is 2. The smallest absolute Gasteiger partial charge is 0.137 e. The van der Waals surface area contributed by atoms with Gasteiger partial charge >= 0.3 is 0 Å². The fraction of sp³-hybridized carbons (Fsp3) is 0.750. The third kappa shape index (κ3) is 5.61. The summed E-state index contributed by atoms with van der Waals surface area (Å²) in [7, 11) is 0. The molecule has 0 rings (SSSR count). The molecule has 1 unspecified atom stereocenters. The van der Waals surface area contributed by atoms with Gasteiger partial charge in [-0.25, -0.2) is 0 Å². The Hall–Kier alpha value is -0.520. The molecule has 0 spiro atoms. The molecule has 1 atom stereocenters. The molecule has 0 amide bonds. The first kappa shape index (κ1) is 9.48. The van der Waals surface area contributed by atoms with E-state index in [-0.39, 0.29) is 12.2 Å². The van der Waals surface area contributed by atoms with Crippen LogP contribution in [0.1, 0.15) is 20.8 Å². The van der Waals surface area contributed by atoms with Gasteiger partial charge in [0.2, 0.25) is 0 Å². The molecule has 0 aromatic heterocycles. The highest BCUT2D eigenvalue weighted by Gasteiger charge is 2.11. The summed E-state index contributed by atoms with van der Waals surface area (Å²) in [4.78, 5) is 0. The highest BCUT2D eigenvalue weighted by atomic mass is 16.5. The summed E-state index contributed by atoms with van der Waals surface area (Å²) in [5, 5.41) is 8.86. The molecule has 0 aliphatic heterocycles. The average Bonchev–Trinajstić information content (AvgIpc) is 1.81. The molecule has 1 N–H and O–H groups in total. The summed E-state index contributed by atoms with van der Waals surface area (Å²) in [5.74, 6) is 2.17.